The molecule has 0 atom stereocenters. The van der Waals surface area contributed by atoms with Gasteiger partial charge < -0.3 is 10.3 Å². The van der Waals surface area contributed by atoms with Crippen molar-refractivity contribution in [2.24, 2.45) is 5.92 Å². The summed E-state index contributed by atoms with van der Waals surface area (Å²) in [6.07, 6.45) is 8.11. The predicted molar refractivity (Wildman–Crippen MR) is 62.6 cm³/mol. The van der Waals surface area contributed by atoms with Gasteiger partial charge in [-0.05, 0) is 30.9 Å². The van der Waals surface area contributed by atoms with Gasteiger partial charge in [-0.15, -0.1) is 0 Å². The Bertz CT molecular complexity index is 499. The minimum atomic E-state index is 0.569. The molecule has 4 heteroatoms. The van der Waals surface area contributed by atoms with E-state index in [-0.39, 0.29) is 0 Å². The third kappa shape index (κ3) is 1.66. The van der Waals surface area contributed by atoms with Crippen LogP contribution in [-0.4, -0.2) is 14.5 Å². The molecule has 0 radical (unpaired) electrons. The quantitative estimate of drug-likeness (QED) is 0.849. The van der Waals surface area contributed by atoms with Gasteiger partial charge in [0.1, 0.15) is 5.82 Å². The zero-order valence-electron chi connectivity index (χ0n) is 9.00. The van der Waals surface area contributed by atoms with Crippen LogP contribution in [0.15, 0.2) is 30.9 Å². The smallest absolute Gasteiger partial charge is 0.132 e. The molecule has 0 amide bonds. The van der Waals surface area contributed by atoms with Crippen molar-refractivity contribution in [3.8, 4) is 11.3 Å². The molecule has 3 rings (SSSR count). The summed E-state index contributed by atoms with van der Waals surface area (Å²) in [6.45, 7) is 1.05. The molecule has 82 valence electrons. The lowest BCUT2D eigenvalue weighted by Crippen LogP contribution is -2.02. The van der Waals surface area contributed by atoms with E-state index in [1.54, 1.807) is 6.20 Å². The predicted octanol–water partition coefficient (Wildman–Crippen LogP) is 1.94. The minimum absolute atomic E-state index is 0.569. The van der Waals surface area contributed by atoms with E-state index in [1.165, 1.54) is 12.8 Å². The van der Waals surface area contributed by atoms with Gasteiger partial charge in [0, 0.05) is 18.3 Å². The van der Waals surface area contributed by atoms with Crippen LogP contribution < -0.4 is 5.73 Å². The van der Waals surface area contributed by atoms with E-state index in [9.17, 15) is 0 Å². The Kier molecular flexibility index (Phi) is 2.13. The number of anilines is 1. The number of nitrogens with zero attached hydrogens (tertiary/aromatic N) is 3. The Labute approximate surface area is 94.1 Å². The maximum absolute atomic E-state index is 5.87. The molecule has 1 fully saturated rings. The Balaban J connectivity index is 1.99. The second-order valence-electron chi connectivity index (χ2n) is 4.31. The van der Waals surface area contributed by atoms with Crippen LogP contribution in [0.2, 0.25) is 0 Å². The van der Waals surface area contributed by atoms with E-state index in [4.69, 9.17) is 5.73 Å². The number of rotatable bonds is 3. The molecule has 0 aliphatic heterocycles. The molecule has 0 unspecified atom stereocenters. The first-order chi connectivity index (χ1) is 7.84. The van der Waals surface area contributed by atoms with Crippen molar-refractivity contribution in [1.82, 2.24) is 14.5 Å². The van der Waals surface area contributed by atoms with Crippen LogP contribution in [-0.2, 0) is 6.54 Å². The highest BCUT2D eigenvalue weighted by Gasteiger charge is 2.23. The monoisotopic (exact) mass is 214 g/mol. The third-order valence-electron chi connectivity index (χ3n) is 2.98. The van der Waals surface area contributed by atoms with E-state index in [0.29, 0.717) is 5.82 Å². The number of nitrogen functional groups attached to an aromatic ring is 1. The molecule has 2 N–H and O–H groups in total. The van der Waals surface area contributed by atoms with Crippen molar-refractivity contribution in [1.29, 1.82) is 0 Å². The van der Waals surface area contributed by atoms with Gasteiger partial charge in [0.15, 0.2) is 0 Å². The number of hydrogen-bond donors (Lipinski definition) is 1. The van der Waals surface area contributed by atoms with Crippen molar-refractivity contribution < 1.29 is 0 Å². The fourth-order valence-corrected chi connectivity index (χ4v) is 1.90. The first kappa shape index (κ1) is 9.39. The van der Waals surface area contributed by atoms with Gasteiger partial charge in [0.25, 0.3) is 0 Å². The number of aromatic nitrogens is 3. The Morgan fingerprint density at radius 2 is 2.31 bits per heavy atom. The summed E-state index contributed by atoms with van der Waals surface area (Å²) in [4.78, 5) is 8.31. The topological polar surface area (TPSA) is 56.7 Å². The molecule has 16 heavy (non-hydrogen) atoms. The van der Waals surface area contributed by atoms with Gasteiger partial charge in [-0.1, -0.05) is 0 Å². The normalized spacial score (nSPS) is 15.2. The van der Waals surface area contributed by atoms with Crippen LogP contribution in [0.1, 0.15) is 12.8 Å². The van der Waals surface area contributed by atoms with Crippen molar-refractivity contribution in [2.45, 2.75) is 19.4 Å². The molecule has 0 spiro atoms. The van der Waals surface area contributed by atoms with Crippen molar-refractivity contribution >= 4 is 5.82 Å². The lowest BCUT2D eigenvalue weighted by atomic mass is 10.2. The van der Waals surface area contributed by atoms with Crippen molar-refractivity contribution in [3.05, 3.63) is 30.9 Å². The molecule has 4 nitrogen and oxygen atoms in total. The average Bonchev–Trinajstić information content (AvgIpc) is 2.97. The number of pyridine rings is 1. The van der Waals surface area contributed by atoms with E-state index in [1.807, 2.05) is 24.7 Å². The minimum Gasteiger partial charge on any atom is -0.383 e. The molecular formula is C12H14N4. The standard InChI is InChI=1S/C12H14N4/c13-12-10(2-1-5-15-12)11-6-14-8-16(11)7-9-3-4-9/h1-2,5-6,8-9H,3-4,7H2,(H2,13,15). The molecule has 1 aliphatic rings. The second-order valence-corrected chi connectivity index (χ2v) is 4.31. The van der Waals surface area contributed by atoms with E-state index in [0.717, 1.165) is 23.7 Å². The number of imidazole rings is 1. The Morgan fingerprint density at radius 1 is 1.44 bits per heavy atom. The maximum atomic E-state index is 5.87. The fraction of sp³-hybridized carbons (Fsp3) is 0.333. The molecule has 1 saturated carbocycles. The Hall–Kier alpha value is -1.84. The van der Waals surface area contributed by atoms with Crippen LogP contribution in [0.4, 0.5) is 5.82 Å². The highest BCUT2D eigenvalue weighted by molar-refractivity contribution is 5.70. The summed E-state index contributed by atoms with van der Waals surface area (Å²) in [5.41, 5.74) is 7.91. The maximum Gasteiger partial charge on any atom is 0.132 e. The third-order valence-corrected chi connectivity index (χ3v) is 2.98. The summed E-state index contributed by atoms with van der Waals surface area (Å²) < 4.78 is 2.17. The summed E-state index contributed by atoms with van der Waals surface area (Å²) in [7, 11) is 0. The zero-order chi connectivity index (χ0) is 11.0. The second kappa shape index (κ2) is 3.63. The van der Waals surface area contributed by atoms with Crippen LogP contribution in [0.5, 0.6) is 0 Å². The molecule has 1 aliphatic carbocycles. The molecule has 2 aromatic heterocycles. The Morgan fingerprint density at radius 3 is 3.06 bits per heavy atom. The molecule has 2 heterocycles. The molecule has 0 saturated heterocycles. The van der Waals surface area contributed by atoms with Crippen LogP contribution in [0.25, 0.3) is 11.3 Å². The number of hydrogen-bond acceptors (Lipinski definition) is 3. The van der Waals surface area contributed by atoms with Crippen LogP contribution in [0, 0.1) is 5.92 Å². The first-order valence-corrected chi connectivity index (χ1v) is 5.55. The van der Waals surface area contributed by atoms with E-state index >= 15 is 0 Å². The highest BCUT2D eigenvalue weighted by atomic mass is 15.1. The van der Waals surface area contributed by atoms with Gasteiger partial charge in [-0.2, -0.15) is 0 Å². The summed E-state index contributed by atoms with van der Waals surface area (Å²) in [5, 5.41) is 0. The summed E-state index contributed by atoms with van der Waals surface area (Å²) in [6, 6.07) is 3.89. The molecule has 0 bridgehead atoms. The highest BCUT2D eigenvalue weighted by Crippen LogP contribution is 2.33. The lowest BCUT2D eigenvalue weighted by Gasteiger charge is -2.08. The van der Waals surface area contributed by atoms with Crippen molar-refractivity contribution in [3.63, 3.8) is 0 Å². The van der Waals surface area contributed by atoms with Gasteiger partial charge in [-0.25, -0.2) is 9.97 Å². The lowest BCUT2D eigenvalue weighted by molar-refractivity contribution is 0.631. The van der Waals surface area contributed by atoms with Gasteiger partial charge >= 0.3 is 0 Å². The summed E-state index contributed by atoms with van der Waals surface area (Å²) in [5.74, 6) is 1.39. The SMILES string of the molecule is Nc1ncccc1-c1cncn1CC1CC1. The van der Waals surface area contributed by atoms with Gasteiger partial charge in [-0.3, -0.25) is 0 Å². The zero-order valence-corrected chi connectivity index (χ0v) is 9.00. The van der Waals surface area contributed by atoms with Gasteiger partial charge in [0.05, 0.1) is 18.2 Å². The molecule has 2 aromatic rings. The molecular weight excluding hydrogens is 200 g/mol. The average molecular weight is 214 g/mol. The summed E-state index contributed by atoms with van der Waals surface area (Å²) >= 11 is 0. The van der Waals surface area contributed by atoms with Crippen LogP contribution >= 0.6 is 0 Å². The van der Waals surface area contributed by atoms with E-state index < -0.39 is 0 Å². The van der Waals surface area contributed by atoms with Crippen LogP contribution in [0.3, 0.4) is 0 Å². The van der Waals surface area contributed by atoms with Crippen molar-refractivity contribution in [2.75, 3.05) is 5.73 Å². The first-order valence-electron chi connectivity index (χ1n) is 5.55. The van der Waals surface area contributed by atoms with Gasteiger partial charge in [0.2, 0.25) is 0 Å². The van der Waals surface area contributed by atoms with E-state index in [2.05, 4.69) is 14.5 Å². The molecule has 0 aromatic carbocycles. The fourth-order valence-electron chi connectivity index (χ4n) is 1.90. The number of nitrogens with two attached hydrogens (primary N) is 1. The largest absolute Gasteiger partial charge is 0.383 e.